The van der Waals surface area contributed by atoms with Crippen LogP contribution < -0.4 is 5.32 Å². The second-order valence-corrected chi connectivity index (χ2v) is 4.89. The van der Waals surface area contributed by atoms with E-state index in [9.17, 15) is 4.79 Å². The van der Waals surface area contributed by atoms with E-state index in [1.165, 1.54) is 0 Å². The maximum absolute atomic E-state index is 11.6. The summed E-state index contributed by atoms with van der Waals surface area (Å²) in [7, 11) is 0. The van der Waals surface area contributed by atoms with E-state index in [2.05, 4.69) is 15.3 Å². The van der Waals surface area contributed by atoms with Gasteiger partial charge in [0.15, 0.2) is 0 Å². The quantitative estimate of drug-likeness (QED) is 0.455. The molecule has 1 aliphatic rings. The minimum absolute atomic E-state index is 0.227. The van der Waals surface area contributed by atoms with Gasteiger partial charge in [0.2, 0.25) is 0 Å². The highest BCUT2D eigenvalue weighted by Crippen LogP contribution is 2.13. The van der Waals surface area contributed by atoms with Crippen LogP contribution in [0.2, 0.25) is 0 Å². The third-order valence-corrected chi connectivity index (χ3v) is 2.23. The molecule has 0 aromatic heterocycles. The zero-order chi connectivity index (χ0) is 12.9. The van der Waals surface area contributed by atoms with Gasteiger partial charge in [0.05, 0.1) is 12.6 Å². The second kappa shape index (κ2) is 5.75. The summed E-state index contributed by atoms with van der Waals surface area (Å²) in [5.74, 6) is 0. The standard InChI is InChI=1S/C10H18N4O3/c1-10(2,3)17-9(15)12-7-4-5-16-6-8(7)13-14-11/h7-8H,4-6H2,1-3H3,(H,12,15)/t7-,8+/m0/s1. The zero-order valence-corrected chi connectivity index (χ0v) is 10.3. The van der Waals surface area contributed by atoms with Gasteiger partial charge in [0.25, 0.3) is 0 Å². The minimum atomic E-state index is -0.538. The summed E-state index contributed by atoms with van der Waals surface area (Å²) in [6.45, 7) is 6.24. The topological polar surface area (TPSA) is 96.3 Å². The highest BCUT2D eigenvalue weighted by atomic mass is 16.6. The Morgan fingerprint density at radius 2 is 2.29 bits per heavy atom. The van der Waals surface area contributed by atoms with Gasteiger partial charge in [-0.25, -0.2) is 4.79 Å². The van der Waals surface area contributed by atoms with Crippen LogP contribution >= 0.6 is 0 Å². The number of hydrogen-bond acceptors (Lipinski definition) is 4. The molecule has 7 heteroatoms. The SMILES string of the molecule is CC(C)(C)OC(=O)N[C@H]1CCOC[C@H]1N=[N+]=[N-]. The van der Waals surface area contributed by atoms with Gasteiger partial charge in [-0.05, 0) is 32.7 Å². The van der Waals surface area contributed by atoms with Crippen LogP contribution in [0.1, 0.15) is 27.2 Å². The zero-order valence-electron chi connectivity index (χ0n) is 10.3. The van der Waals surface area contributed by atoms with E-state index in [4.69, 9.17) is 15.0 Å². The molecule has 96 valence electrons. The summed E-state index contributed by atoms with van der Waals surface area (Å²) >= 11 is 0. The van der Waals surface area contributed by atoms with Crippen LogP contribution in [0.3, 0.4) is 0 Å². The van der Waals surface area contributed by atoms with Crippen LogP contribution in [0.25, 0.3) is 10.4 Å². The van der Waals surface area contributed by atoms with Crippen molar-refractivity contribution in [2.24, 2.45) is 5.11 Å². The van der Waals surface area contributed by atoms with E-state index in [1.54, 1.807) is 20.8 Å². The van der Waals surface area contributed by atoms with Gasteiger partial charge in [0, 0.05) is 17.6 Å². The molecule has 2 atom stereocenters. The van der Waals surface area contributed by atoms with Crippen molar-refractivity contribution in [2.45, 2.75) is 44.9 Å². The Morgan fingerprint density at radius 3 is 2.88 bits per heavy atom. The van der Waals surface area contributed by atoms with Crippen molar-refractivity contribution in [3.05, 3.63) is 10.4 Å². The first-order chi connectivity index (χ1) is 7.92. The minimum Gasteiger partial charge on any atom is -0.444 e. The molecule has 0 radical (unpaired) electrons. The maximum atomic E-state index is 11.6. The fraction of sp³-hybridized carbons (Fsp3) is 0.900. The van der Waals surface area contributed by atoms with Gasteiger partial charge in [-0.15, -0.1) is 0 Å². The molecule has 0 bridgehead atoms. The number of nitrogens with one attached hydrogen (secondary N) is 1. The van der Waals surface area contributed by atoms with Crippen LogP contribution in [0.15, 0.2) is 5.11 Å². The first-order valence-corrected chi connectivity index (χ1v) is 5.54. The Bertz CT molecular complexity index is 320. The number of hydrogen-bond donors (Lipinski definition) is 1. The first kappa shape index (κ1) is 13.6. The molecule has 1 saturated heterocycles. The highest BCUT2D eigenvalue weighted by molar-refractivity contribution is 5.68. The number of ether oxygens (including phenoxy) is 2. The first-order valence-electron chi connectivity index (χ1n) is 5.54. The summed E-state index contributed by atoms with van der Waals surface area (Å²) in [5.41, 5.74) is 7.88. The largest absolute Gasteiger partial charge is 0.444 e. The average Bonchev–Trinajstić information content (AvgIpc) is 2.18. The van der Waals surface area contributed by atoms with E-state index < -0.39 is 11.7 Å². The fourth-order valence-corrected chi connectivity index (χ4v) is 1.53. The van der Waals surface area contributed by atoms with Crippen LogP contribution in [-0.2, 0) is 9.47 Å². The number of alkyl carbamates (subject to hydrolysis) is 1. The third-order valence-electron chi connectivity index (χ3n) is 2.23. The number of amides is 1. The van der Waals surface area contributed by atoms with E-state index in [0.717, 1.165) is 0 Å². The van der Waals surface area contributed by atoms with Gasteiger partial charge in [-0.2, -0.15) is 0 Å². The lowest BCUT2D eigenvalue weighted by molar-refractivity contribution is 0.0343. The van der Waals surface area contributed by atoms with Crippen LogP contribution in [0.4, 0.5) is 4.79 Å². The molecule has 1 rings (SSSR count). The van der Waals surface area contributed by atoms with Gasteiger partial charge in [0.1, 0.15) is 5.60 Å². The second-order valence-electron chi connectivity index (χ2n) is 4.89. The molecule has 1 fully saturated rings. The Kier molecular flexibility index (Phi) is 4.60. The summed E-state index contributed by atoms with van der Waals surface area (Å²) in [6, 6.07) is -0.601. The van der Waals surface area contributed by atoms with Gasteiger partial charge < -0.3 is 14.8 Å². The number of azide groups is 1. The number of rotatable bonds is 2. The lowest BCUT2D eigenvalue weighted by atomic mass is 10.1. The van der Waals surface area contributed by atoms with Crippen molar-refractivity contribution in [3.8, 4) is 0 Å². The van der Waals surface area contributed by atoms with Crippen LogP contribution in [-0.4, -0.2) is 37.0 Å². The molecule has 1 N–H and O–H groups in total. The molecule has 17 heavy (non-hydrogen) atoms. The Hall–Kier alpha value is -1.46. The highest BCUT2D eigenvalue weighted by Gasteiger charge is 2.28. The van der Waals surface area contributed by atoms with Gasteiger partial charge >= 0.3 is 6.09 Å². The van der Waals surface area contributed by atoms with Crippen molar-refractivity contribution in [3.63, 3.8) is 0 Å². The lowest BCUT2D eigenvalue weighted by Gasteiger charge is -2.30. The molecule has 1 aliphatic heterocycles. The molecule has 0 aromatic rings. The molecular formula is C10H18N4O3. The average molecular weight is 242 g/mol. The van der Waals surface area contributed by atoms with E-state index >= 15 is 0 Å². The molecule has 0 aliphatic carbocycles. The third kappa shape index (κ3) is 4.93. The summed E-state index contributed by atoms with van der Waals surface area (Å²) in [5, 5.41) is 6.30. The predicted molar refractivity (Wildman–Crippen MR) is 61.5 cm³/mol. The van der Waals surface area contributed by atoms with Crippen LogP contribution in [0.5, 0.6) is 0 Å². The summed E-state index contributed by atoms with van der Waals surface area (Å²) in [4.78, 5) is 14.3. The van der Waals surface area contributed by atoms with Crippen molar-refractivity contribution >= 4 is 6.09 Å². The Labute approximate surface area is 100 Å². The van der Waals surface area contributed by atoms with E-state index in [0.29, 0.717) is 19.6 Å². The molecule has 0 spiro atoms. The van der Waals surface area contributed by atoms with Crippen molar-refractivity contribution in [1.29, 1.82) is 0 Å². The van der Waals surface area contributed by atoms with Gasteiger partial charge in [-0.1, -0.05) is 5.11 Å². The van der Waals surface area contributed by atoms with E-state index in [1.807, 2.05) is 0 Å². The van der Waals surface area contributed by atoms with Gasteiger partial charge in [-0.3, -0.25) is 0 Å². The molecule has 0 unspecified atom stereocenters. The summed E-state index contributed by atoms with van der Waals surface area (Å²) < 4.78 is 10.3. The van der Waals surface area contributed by atoms with Crippen molar-refractivity contribution in [1.82, 2.24) is 5.32 Å². The monoisotopic (exact) mass is 242 g/mol. The molecule has 0 aromatic carbocycles. The molecule has 7 nitrogen and oxygen atoms in total. The van der Waals surface area contributed by atoms with Crippen molar-refractivity contribution in [2.75, 3.05) is 13.2 Å². The smallest absolute Gasteiger partial charge is 0.407 e. The van der Waals surface area contributed by atoms with Crippen molar-refractivity contribution < 1.29 is 14.3 Å². The molecule has 1 heterocycles. The fourth-order valence-electron chi connectivity index (χ4n) is 1.53. The number of carbonyl (C=O) groups is 1. The number of nitrogens with zero attached hydrogens (tertiary/aromatic N) is 3. The molecular weight excluding hydrogens is 224 g/mol. The molecule has 0 saturated carbocycles. The lowest BCUT2D eigenvalue weighted by Crippen LogP contribution is -2.49. The maximum Gasteiger partial charge on any atom is 0.407 e. The normalized spacial score (nSPS) is 24.6. The van der Waals surface area contributed by atoms with E-state index in [-0.39, 0.29) is 12.1 Å². The summed E-state index contributed by atoms with van der Waals surface area (Å²) in [6.07, 6.45) is 0.116. The Balaban J connectivity index is 2.53. The predicted octanol–water partition coefficient (Wildman–Crippen LogP) is 1.98. The Morgan fingerprint density at radius 1 is 1.59 bits per heavy atom. The number of carbonyl (C=O) groups excluding carboxylic acids is 1. The van der Waals surface area contributed by atoms with Crippen LogP contribution in [0, 0.1) is 0 Å². The molecule has 1 amide bonds.